The molecule has 1 heterocycles. The van der Waals surface area contributed by atoms with Crippen LogP contribution in [0.2, 0.25) is 0 Å². The molecule has 2 amide bonds. The summed E-state index contributed by atoms with van der Waals surface area (Å²) in [4.78, 5) is 19.8. The Kier molecular flexibility index (Phi) is 5.89. The fourth-order valence-corrected chi connectivity index (χ4v) is 1.09. The largest absolute Gasteiger partial charge is 0.390 e. The van der Waals surface area contributed by atoms with Gasteiger partial charge in [-0.3, -0.25) is 9.59 Å². The summed E-state index contributed by atoms with van der Waals surface area (Å²) < 4.78 is 4.60. The highest BCUT2D eigenvalue weighted by Crippen LogP contribution is 2.18. The van der Waals surface area contributed by atoms with Crippen LogP contribution in [0.3, 0.4) is 0 Å². The van der Waals surface area contributed by atoms with Crippen molar-refractivity contribution in [3.05, 3.63) is 0 Å². The van der Waals surface area contributed by atoms with E-state index in [1.54, 1.807) is 0 Å². The molecule has 1 fully saturated rings. The Labute approximate surface area is 91.8 Å². The average Bonchev–Trinajstić information content (AvgIpc) is 2.09. The van der Waals surface area contributed by atoms with Crippen molar-refractivity contribution < 1.29 is 29.6 Å². The Morgan fingerprint density at radius 1 is 1.25 bits per heavy atom. The van der Waals surface area contributed by atoms with Crippen LogP contribution in [-0.2, 0) is 14.3 Å². The lowest BCUT2D eigenvalue weighted by molar-refractivity contribution is -0.228. The van der Waals surface area contributed by atoms with Crippen molar-refractivity contribution in [3.63, 3.8) is 0 Å². The molecule has 94 valence electrons. The first-order valence-corrected chi connectivity index (χ1v) is 4.50. The quantitative estimate of drug-likeness (QED) is 0.322. The second-order valence-electron chi connectivity index (χ2n) is 3.32. The van der Waals surface area contributed by atoms with E-state index in [0.29, 0.717) is 0 Å². The molecule has 0 bridgehead atoms. The molecular weight excluding hydrogens is 220 g/mol. The third kappa shape index (κ3) is 5.03. The van der Waals surface area contributed by atoms with E-state index in [0.717, 1.165) is 0 Å². The molecule has 4 unspecified atom stereocenters. The smallest absolute Gasteiger partial charge is 0.249 e. The Morgan fingerprint density at radius 3 is 2.06 bits per heavy atom. The van der Waals surface area contributed by atoms with Crippen LogP contribution in [0.15, 0.2) is 0 Å². The summed E-state index contributed by atoms with van der Waals surface area (Å²) >= 11 is 0. The fourth-order valence-electron chi connectivity index (χ4n) is 1.09. The van der Waals surface area contributed by atoms with E-state index < -0.39 is 30.5 Å². The molecule has 0 spiro atoms. The SMILES string of the molecule is CC(N)=O.NC(=O)C1OC(O)CC(O)C1O. The number of ether oxygens (including phenoxy) is 1. The number of hydrogen-bond donors (Lipinski definition) is 5. The van der Waals surface area contributed by atoms with E-state index in [9.17, 15) is 9.59 Å². The van der Waals surface area contributed by atoms with Crippen LogP contribution in [0, 0.1) is 0 Å². The minimum atomic E-state index is -1.36. The summed E-state index contributed by atoms with van der Waals surface area (Å²) in [6.07, 6.45) is -5.23. The fraction of sp³-hybridized carbons (Fsp3) is 0.750. The highest BCUT2D eigenvalue weighted by Gasteiger charge is 2.39. The van der Waals surface area contributed by atoms with E-state index in [2.05, 4.69) is 10.5 Å². The van der Waals surface area contributed by atoms with Gasteiger partial charge in [-0.25, -0.2) is 0 Å². The molecule has 0 radical (unpaired) electrons. The Balaban J connectivity index is 0.000000487. The van der Waals surface area contributed by atoms with Crippen molar-refractivity contribution in [1.29, 1.82) is 0 Å². The number of amides is 2. The number of rotatable bonds is 1. The van der Waals surface area contributed by atoms with Crippen LogP contribution in [0.5, 0.6) is 0 Å². The normalized spacial score (nSPS) is 33.5. The van der Waals surface area contributed by atoms with E-state index in [-0.39, 0.29) is 12.3 Å². The van der Waals surface area contributed by atoms with Gasteiger partial charge in [-0.1, -0.05) is 0 Å². The summed E-state index contributed by atoms with van der Waals surface area (Å²) in [5.74, 6) is -1.24. The van der Waals surface area contributed by atoms with Crippen LogP contribution in [0.1, 0.15) is 13.3 Å². The van der Waals surface area contributed by atoms with Gasteiger partial charge in [0, 0.05) is 13.3 Å². The number of carbonyl (C=O) groups excluding carboxylic acids is 2. The van der Waals surface area contributed by atoms with Gasteiger partial charge < -0.3 is 31.5 Å². The number of carbonyl (C=O) groups is 2. The van der Waals surface area contributed by atoms with Gasteiger partial charge in [0.2, 0.25) is 11.8 Å². The summed E-state index contributed by atoms with van der Waals surface area (Å²) in [6, 6.07) is 0. The lowest BCUT2D eigenvalue weighted by Crippen LogP contribution is -2.53. The molecule has 4 atom stereocenters. The zero-order valence-electron chi connectivity index (χ0n) is 8.74. The van der Waals surface area contributed by atoms with Crippen molar-refractivity contribution in [2.24, 2.45) is 11.5 Å². The van der Waals surface area contributed by atoms with Crippen LogP contribution in [0.25, 0.3) is 0 Å². The summed E-state index contributed by atoms with van der Waals surface area (Å²) in [5.41, 5.74) is 9.31. The first-order chi connectivity index (χ1) is 7.25. The molecule has 1 saturated heterocycles. The standard InChI is InChI=1S/C6H11NO5.C2H5NO/c7-6(11)5-4(10)2(8)1-3(9)12-5;1-2(3)4/h2-5,8-10H,1H2,(H2,7,11);1H3,(H2,3,4). The Bertz CT molecular complexity index is 255. The molecule has 1 aliphatic heterocycles. The molecule has 8 heteroatoms. The van der Waals surface area contributed by atoms with Gasteiger partial charge in [0.25, 0.3) is 0 Å². The number of nitrogens with two attached hydrogens (primary N) is 2. The Morgan fingerprint density at radius 2 is 1.69 bits per heavy atom. The highest BCUT2D eigenvalue weighted by atomic mass is 16.6. The zero-order valence-corrected chi connectivity index (χ0v) is 8.74. The maximum Gasteiger partial charge on any atom is 0.249 e. The molecule has 0 aromatic rings. The third-order valence-electron chi connectivity index (χ3n) is 1.73. The molecule has 16 heavy (non-hydrogen) atoms. The van der Waals surface area contributed by atoms with Crippen molar-refractivity contribution in [2.45, 2.75) is 37.9 Å². The predicted molar refractivity (Wildman–Crippen MR) is 51.6 cm³/mol. The number of hydrogen-bond acceptors (Lipinski definition) is 6. The van der Waals surface area contributed by atoms with E-state index in [1.807, 2.05) is 0 Å². The van der Waals surface area contributed by atoms with E-state index >= 15 is 0 Å². The van der Waals surface area contributed by atoms with Gasteiger partial charge in [0.05, 0.1) is 6.10 Å². The summed E-state index contributed by atoms with van der Waals surface area (Å²) in [7, 11) is 0. The van der Waals surface area contributed by atoms with Gasteiger partial charge in [-0.05, 0) is 0 Å². The number of primary amides is 2. The molecule has 0 aliphatic carbocycles. The van der Waals surface area contributed by atoms with Crippen molar-refractivity contribution in [3.8, 4) is 0 Å². The average molecular weight is 236 g/mol. The first-order valence-electron chi connectivity index (χ1n) is 4.50. The molecule has 0 aromatic carbocycles. The Hall–Kier alpha value is -1.22. The summed E-state index contributed by atoms with van der Waals surface area (Å²) in [6.45, 7) is 1.31. The van der Waals surface area contributed by atoms with Crippen molar-refractivity contribution in [1.82, 2.24) is 0 Å². The van der Waals surface area contributed by atoms with Crippen molar-refractivity contribution in [2.75, 3.05) is 0 Å². The highest BCUT2D eigenvalue weighted by molar-refractivity contribution is 5.79. The monoisotopic (exact) mass is 236 g/mol. The minimum Gasteiger partial charge on any atom is -0.390 e. The van der Waals surface area contributed by atoms with Crippen molar-refractivity contribution >= 4 is 11.8 Å². The molecule has 7 N–H and O–H groups in total. The van der Waals surface area contributed by atoms with Gasteiger partial charge in [-0.2, -0.15) is 0 Å². The van der Waals surface area contributed by atoms with Crippen LogP contribution in [0.4, 0.5) is 0 Å². The van der Waals surface area contributed by atoms with E-state index in [4.69, 9.17) is 21.1 Å². The number of aliphatic hydroxyl groups excluding tert-OH is 3. The zero-order chi connectivity index (χ0) is 12.9. The van der Waals surface area contributed by atoms with Gasteiger partial charge >= 0.3 is 0 Å². The first kappa shape index (κ1) is 14.8. The van der Waals surface area contributed by atoms with Crippen LogP contribution in [-0.4, -0.2) is 51.7 Å². The van der Waals surface area contributed by atoms with E-state index in [1.165, 1.54) is 6.92 Å². The van der Waals surface area contributed by atoms with Gasteiger partial charge in [-0.15, -0.1) is 0 Å². The predicted octanol–water partition coefficient (Wildman–Crippen LogP) is -3.21. The van der Waals surface area contributed by atoms with Gasteiger partial charge in [0.1, 0.15) is 6.10 Å². The second-order valence-corrected chi connectivity index (χ2v) is 3.32. The molecule has 0 saturated carbocycles. The topological polar surface area (TPSA) is 156 Å². The second kappa shape index (κ2) is 6.38. The number of aliphatic hydroxyl groups is 3. The molecular formula is C8H16N2O6. The molecule has 1 aliphatic rings. The van der Waals surface area contributed by atoms with Gasteiger partial charge in [0.15, 0.2) is 12.4 Å². The maximum absolute atomic E-state index is 10.6. The molecule has 1 rings (SSSR count). The lowest BCUT2D eigenvalue weighted by atomic mass is 10.0. The maximum atomic E-state index is 10.6. The summed E-state index contributed by atoms with van der Waals surface area (Å²) in [5, 5.41) is 27.1. The molecule has 0 aromatic heterocycles. The lowest BCUT2D eigenvalue weighted by Gasteiger charge is -2.32. The van der Waals surface area contributed by atoms with Crippen LogP contribution < -0.4 is 11.5 Å². The minimum absolute atomic E-state index is 0.120. The molecule has 8 nitrogen and oxygen atoms in total. The third-order valence-corrected chi connectivity index (χ3v) is 1.73. The van der Waals surface area contributed by atoms with Crippen LogP contribution >= 0.6 is 0 Å².